The van der Waals surface area contributed by atoms with E-state index in [0.29, 0.717) is 5.41 Å². The zero-order valence-corrected chi connectivity index (χ0v) is 12.3. The lowest BCUT2D eigenvalue weighted by molar-refractivity contribution is 0.289. The van der Waals surface area contributed by atoms with E-state index in [9.17, 15) is 0 Å². The van der Waals surface area contributed by atoms with Gasteiger partial charge in [0.15, 0.2) is 0 Å². The second-order valence-electron chi connectivity index (χ2n) is 6.28. The Labute approximate surface area is 106 Å². The molecule has 1 aliphatic rings. The van der Waals surface area contributed by atoms with Crippen molar-refractivity contribution in [2.75, 3.05) is 18.1 Å². The first-order valence-corrected chi connectivity index (χ1v) is 7.99. The van der Waals surface area contributed by atoms with Gasteiger partial charge in [0, 0.05) is 6.04 Å². The van der Waals surface area contributed by atoms with Crippen LogP contribution in [0.2, 0.25) is 0 Å². The third kappa shape index (κ3) is 5.58. The van der Waals surface area contributed by atoms with E-state index in [0.717, 1.165) is 12.0 Å². The summed E-state index contributed by atoms with van der Waals surface area (Å²) in [6.45, 7) is 10.5. The number of thioether (sulfide) groups is 1. The first-order chi connectivity index (χ1) is 7.53. The zero-order valence-electron chi connectivity index (χ0n) is 11.5. The van der Waals surface area contributed by atoms with Gasteiger partial charge in [-0.05, 0) is 55.1 Å². The van der Waals surface area contributed by atoms with Crippen molar-refractivity contribution in [3.05, 3.63) is 0 Å². The van der Waals surface area contributed by atoms with E-state index in [1.54, 1.807) is 0 Å². The third-order valence-corrected chi connectivity index (χ3v) is 4.58. The molecule has 0 spiro atoms. The summed E-state index contributed by atoms with van der Waals surface area (Å²) in [5.74, 6) is 3.69. The van der Waals surface area contributed by atoms with E-state index < -0.39 is 0 Å². The Morgan fingerprint density at radius 2 is 2.12 bits per heavy atom. The summed E-state index contributed by atoms with van der Waals surface area (Å²) in [4.78, 5) is 0. The van der Waals surface area contributed by atoms with Gasteiger partial charge in [-0.15, -0.1) is 0 Å². The molecule has 0 saturated carbocycles. The van der Waals surface area contributed by atoms with Gasteiger partial charge in [-0.25, -0.2) is 0 Å². The van der Waals surface area contributed by atoms with E-state index in [2.05, 4.69) is 44.8 Å². The largest absolute Gasteiger partial charge is 0.314 e. The highest BCUT2D eigenvalue weighted by Gasteiger charge is 2.26. The van der Waals surface area contributed by atoms with Gasteiger partial charge in [-0.3, -0.25) is 0 Å². The molecule has 0 aromatic carbocycles. The SMILES string of the molecule is CCCNC(CCC(C)(C)C)C1CCSC1. The van der Waals surface area contributed by atoms with Crippen molar-refractivity contribution in [3.63, 3.8) is 0 Å². The highest BCUT2D eigenvalue weighted by molar-refractivity contribution is 7.99. The Bertz CT molecular complexity index is 180. The lowest BCUT2D eigenvalue weighted by Crippen LogP contribution is -2.37. The molecule has 1 heterocycles. The Hall–Kier alpha value is 0.310. The lowest BCUT2D eigenvalue weighted by atomic mass is 9.85. The molecule has 0 radical (unpaired) electrons. The molecule has 1 aliphatic heterocycles. The van der Waals surface area contributed by atoms with E-state index in [1.807, 2.05) is 0 Å². The molecular weight excluding hydrogens is 214 g/mol. The van der Waals surface area contributed by atoms with E-state index in [-0.39, 0.29) is 0 Å². The van der Waals surface area contributed by atoms with Gasteiger partial charge in [0.2, 0.25) is 0 Å². The molecule has 16 heavy (non-hydrogen) atoms. The Kier molecular flexibility index (Phi) is 6.20. The Morgan fingerprint density at radius 3 is 2.62 bits per heavy atom. The summed E-state index contributed by atoms with van der Waals surface area (Å²) in [5.41, 5.74) is 0.484. The van der Waals surface area contributed by atoms with Crippen LogP contribution in [0.15, 0.2) is 0 Å². The maximum Gasteiger partial charge on any atom is 0.0104 e. The van der Waals surface area contributed by atoms with Crippen LogP contribution in [0.1, 0.15) is 53.4 Å². The summed E-state index contributed by atoms with van der Waals surface area (Å²) in [6, 6.07) is 0.772. The highest BCUT2D eigenvalue weighted by atomic mass is 32.2. The average Bonchev–Trinajstić information content (AvgIpc) is 2.69. The fourth-order valence-electron chi connectivity index (χ4n) is 2.29. The molecule has 2 atom stereocenters. The van der Waals surface area contributed by atoms with Crippen molar-refractivity contribution in [2.24, 2.45) is 11.3 Å². The van der Waals surface area contributed by atoms with E-state index >= 15 is 0 Å². The first kappa shape index (κ1) is 14.4. The van der Waals surface area contributed by atoms with Crippen molar-refractivity contribution >= 4 is 11.8 Å². The number of rotatable bonds is 6. The van der Waals surface area contributed by atoms with Crippen LogP contribution >= 0.6 is 11.8 Å². The lowest BCUT2D eigenvalue weighted by Gasteiger charge is -2.28. The number of nitrogens with one attached hydrogen (secondary N) is 1. The van der Waals surface area contributed by atoms with Gasteiger partial charge in [-0.2, -0.15) is 11.8 Å². The van der Waals surface area contributed by atoms with Crippen molar-refractivity contribution in [2.45, 2.75) is 59.4 Å². The maximum absolute atomic E-state index is 3.77. The minimum absolute atomic E-state index is 0.484. The van der Waals surface area contributed by atoms with Crippen LogP contribution in [0, 0.1) is 11.3 Å². The molecule has 1 N–H and O–H groups in total. The molecule has 1 rings (SSSR count). The van der Waals surface area contributed by atoms with E-state index in [4.69, 9.17) is 0 Å². The second-order valence-corrected chi connectivity index (χ2v) is 7.43. The van der Waals surface area contributed by atoms with Crippen LogP contribution in [-0.2, 0) is 0 Å². The van der Waals surface area contributed by atoms with Crippen LogP contribution in [0.25, 0.3) is 0 Å². The summed E-state index contributed by atoms with van der Waals surface area (Å²) in [7, 11) is 0. The van der Waals surface area contributed by atoms with Crippen LogP contribution < -0.4 is 5.32 Å². The van der Waals surface area contributed by atoms with Crippen molar-refractivity contribution < 1.29 is 0 Å². The van der Waals surface area contributed by atoms with Crippen LogP contribution in [0.3, 0.4) is 0 Å². The summed E-state index contributed by atoms with van der Waals surface area (Å²) in [5, 5.41) is 3.77. The molecule has 0 bridgehead atoms. The molecule has 0 aromatic rings. The summed E-state index contributed by atoms with van der Waals surface area (Å²) >= 11 is 2.14. The monoisotopic (exact) mass is 243 g/mol. The quantitative estimate of drug-likeness (QED) is 0.758. The first-order valence-electron chi connectivity index (χ1n) is 6.84. The minimum Gasteiger partial charge on any atom is -0.314 e. The molecule has 1 fully saturated rings. The van der Waals surface area contributed by atoms with Gasteiger partial charge in [-0.1, -0.05) is 27.7 Å². The fourth-order valence-corrected chi connectivity index (χ4v) is 3.63. The van der Waals surface area contributed by atoms with Crippen LogP contribution in [-0.4, -0.2) is 24.1 Å². The van der Waals surface area contributed by atoms with Crippen LogP contribution in [0.4, 0.5) is 0 Å². The van der Waals surface area contributed by atoms with E-state index in [1.165, 1.54) is 43.7 Å². The molecule has 0 aromatic heterocycles. The predicted molar refractivity (Wildman–Crippen MR) is 76.2 cm³/mol. The molecular formula is C14H29NS. The molecule has 1 nitrogen and oxygen atoms in total. The van der Waals surface area contributed by atoms with Crippen LogP contribution in [0.5, 0.6) is 0 Å². The molecule has 1 saturated heterocycles. The van der Waals surface area contributed by atoms with Crippen molar-refractivity contribution in [3.8, 4) is 0 Å². The molecule has 0 aliphatic carbocycles. The maximum atomic E-state index is 3.77. The topological polar surface area (TPSA) is 12.0 Å². The van der Waals surface area contributed by atoms with Crippen molar-refractivity contribution in [1.29, 1.82) is 0 Å². The smallest absolute Gasteiger partial charge is 0.0104 e. The fraction of sp³-hybridized carbons (Fsp3) is 1.00. The zero-order chi connectivity index (χ0) is 12.0. The second kappa shape index (κ2) is 6.90. The summed E-state index contributed by atoms with van der Waals surface area (Å²) < 4.78 is 0. The molecule has 2 heteroatoms. The van der Waals surface area contributed by atoms with Gasteiger partial charge >= 0.3 is 0 Å². The Morgan fingerprint density at radius 1 is 1.38 bits per heavy atom. The normalized spacial score (nSPS) is 23.6. The molecule has 2 unspecified atom stereocenters. The average molecular weight is 243 g/mol. The number of hydrogen-bond donors (Lipinski definition) is 1. The summed E-state index contributed by atoms with van der Waals surface area (Å²) in [6.07, 6.45) is 5.38. The van der Waals surface area contributed by atoms with Gasteiger partial charge in [0.25, 0.3) is 0 Å². The number of hydrogen-bond acceptors (Lipinski definition) is 2. The highest BCUT2D eigenvalue weighted by Crippen LogP contribution is 2.30. The van der Waals surface area contributed by atoms with Crippen molar-refractivity contribution in [1.82, 2.24) is 5.32 Å². The molecule has 96 valence electrons. The van der Waals surface area contributed by atoms with Gasteiger partial charge in [0.1, 0.15) is 0 Å². The van der Waals surface area contributed by atoms with Gasteiger partial charge in [0.05, 0.1) is 0 Å². The minimum atomic E-state index is 0.484. The third-order valence-electron chi connectivity index (χ3n) is 3.40. The predicted octanol–water partition coefficient (Wildman–Crippen LogP) is 3.93. The van der Waals surface area contributed by atoms with Gasteiger partial charge < -0.3 is 5.32 Å². The standard InChI is InChI=1S/C14H29NS/c1-5-9-15-13(6-8-14(2,3)4)12-7-10-16-11-12/h12-13,15H,5-11H2,1-4H3. The molecule has 0 amide bonds. The Balaban J connectivity index is 2.36.